The third-order valence-electron chi connectivity index (χ3n) is 2.28. The lowest BCUT2D eigenvalue weighted by Gasteiger charge is -2.05. The van der Waals surface area contributed by atoms with Crippen molar-refractivity contribution < 1.29 is 9.84 Å². The van der Waals surface area contributed by atoms with Crippen molar-refractivity contribution in [3.05, 3.63) is 41.2 Å². The predicted octanol–water partition coefficient (Wildman–Crippen LogP) is 2.30. The van der Waals surface area contributed by atoms with Gasteiger partial charge in [-0.05, 0) is 6.07 Å². The van der Waals surface area contributed by atoms with Crippen LogP contribution in [0.2, 0.25) is 5.15 Å². The minimum absolute atomic E-state index is 0.230. The van der Waals surface area contributed by atoms with Crippen LogP contribution in [-0.2, 0) is 6.54 Å². The quantitative estimate of drug-likeness (QED) is 0.893. The van der Waals surface area contributed by atoms with E-state index in [1.165, 1.54) is 7.11 Å². The molecular formula is C11H11ClN2O2. The maximum Gasteiger partial charge on any atom is 0.175 e. The van der Waals surface area contributed by atoms with Crippen LogP contribution < -0.4 is 4.74 Å². The highest BCUT2D eigenvalue weighted by molar-refractivity contribution is 6.31. The zero-order valence-electron chi connectivity index (χ0n) is 8.72. The number of phenolic OH excluding ortho intramolecular Hbond substituents is 1. The number of halogens is 1. The van der Waals surface area contributed by atoms with Crippen molar-refractivity contribution in [2.24, 2.45) is 0 Å². The fourth-order valence-corrected chi connectivity index (χ4v) is 1.64. The molecular weight excluding hydrogens is 228 g/mol. The molecule has 4 nitrogen and oxygen atoms in total. The molecule has 0 saturated heterocycles. The second-order valence-corrected chi connectivity index (χ2v) is 3.65. The van der Waals surface area contributed by atoms with Crippen molar-refractivity contribution in [1.82, 2.24) is 9.78 Å². The van der Waals surface area contributed by atoms with E-state index in [4.69, 9.17) is 16.3 Å². The third kappa shape index (κ3) is 1.97. The van der Waals surface area contributed by atoms with Crippen molar-refractivity contribution in [3.8, 4) is 11.5 Å². The Morgan fingerprint density at radius 1 is 1.44 bits per heavy atom. The Labute approximate surface area is 98.0 Å². The van der Waals surface area contributed by atoms with Gasteiger partial charge in [0.05, 0.1) is 19.9 Å². The molecule has 0 aliphatic carbocycles. The van der Waals surface area contributed by atoms with Crippen molar-refractivity contribution in [2.45, 2.75) is 6.54 Å². The number of methoxy groups -OCH3 is 1. The summed E-state index contributed by atoms with van der Waals surface area (Å²) < 4.78 is 6.58. The van der Waals surface area contributed by atoms with Gasteiger partial charge in [-0.1, -0.05) is 29.8 Å². The summed E-state index contributed by atoms with van der Waals surface area (Å²) in [6.45, 7) is 0.412. The van der Waals surface area contributed by atoms with Crippen LogP contribution in [-0.4, -0.2) is 22.0 Å². The molecule has 0 aliphatic heterocycles. The lowest BCUT2D eigenvalue weighted by atomic mass is 10.2. The summed E-state index contributed by atoms with van der Waals surface area (Å²) in [6.07, 6.45) is 1.54. The first-order valence-electron chi connectivity index (χ1n) is 4.74. The fourth-order valence-electron chi connectivity index (χ4n) is 1.41. The van der Waals surface area contributed by atoms with Crippen molar-refractivity contribution in [1.29, 1.82) is 0 Å². The molecule has 0 radical (unpaired) electrons. The summed E-state index contributed by atoms with van der Waals surface area (Å²) in [7, 11) is 1.53. The minimum atomic E-state index is 0.230. The number of aromatic hydroxyl groups is 1. The lowest BCUT2D eigenvalue weighted by molar-refractivity contribution is 0.414. The highest BCUT2D eigenvalue weighted by Gasteiger charge is 2.10. The summed E-state index contributed by atoms with van der Waals surface area (Å²) in [4.78, 5) is 0. The molecule has 0 amide bonds. The number of aromatic nitrogens is 2. The van der Waals surface area contributed by atoms with Crippen LogP contribution in [0.1, 0.15) is 5.56 Å². The number of phenols is 1. The smallest absolute Gasteiger partial charge is 0.175 e. The van der Waals surface area contributed by atoms with Crippen LogP contribution in [0.5, 0.6) is 11.5 Å². The van der Waals surface area contributed by atoms with E-state index in [9.17, 15) is 5.11 Å². The molecule has 0 spiro atoms. The Hall–Kier alpha value is -1.68. The number of benzene rings is 1. The number of para-hydroxylation sites is 1. The van der Waals surface area contributed by atoms with Crippen LogP contribution in [0.15, 0.2) is 30.5 Å². The van der Waals surface area contributed by atoms with Gasteiger partial charge in [-0.3, -0.25) is 0 Å². The topological polar surface area (TPSA) is 47.3 Å². The third-order valence-corrected chi connectivity index (χ3v) is 2.66. The number of nitrogens with zero attached hydrogens (tertiary/aromatic N) is 2. The van der Waals surface area contributed by atoms with Gasteiger partial charge in [0.15, 0.2) is 10.9 Å². The number of hydrogen-bond acceptors (Lipinski definition) is 3. The molecule has 16 heavy (non-hydrogen) atoms. The van der Waals surface area contributed by atoms with E-state index >= 15 is 0 Å². The van der Waals surface area contributed by atoms with E-state index in [2.05, 4.69) is 5.10 Å². The largest absolute Gasteiger partial charge is 0.508 e. The SMILES string of the molecule is COc1cnn(Cc2ccccc2O)c1Cl. The summed E-state index contributed by atoms with van der Waals surface area (Å²) in [5, 5.41) is 14.1. The molecule has 1 aromatic carbocycles. The summed E-state index contributed by atoms with van der Waals surface area (Å²) in [5.74, 6) is 0.755. The Morgan fingerprint density at radius 3 is 2.81 bits per heavy atom. The van der Waals surface area contributed by atoms with E-state index < -0.39 is 0 Å². The van der Waals surface area contributed by atoms with Gasteiger partial charge in [0, 0.05) is 5.56 Å². The predicted molar refractivity (Wildman–Crippen MR) is 61.0 cm³/mol. The maximum absolute atomic E-state index is 9.61. The highest BCUT2D eigenvalue weighted by atomic mass is 35.5. The fraction of sp³-hybridized carbons (Fsp3) is 0.182. The molecule has 1 aromatic heterocycles. The first-order valence-corrected chi connectivity index (χ1v) is 5.12. The van der Waals surface area contributed by atoms with Gasteiger partial charge in [0.1, 0.15) is 5.75 Å². The number of rotatable bonds is 3. The summed E-state index contributed by atoms with van der Waals surface area (Å²) >= 11 is 6.02. The van der Waals surface area contributed by atoms with Gasteiger partial charge < -0.3 is 9.84 Å². The van der Waals surface area contributed by atoms with Gasteiger partial charge in [-0.15, -0.1) is 0 Å². The molecule has 2 rings (SSSR count). The van der Waals surface area contributed by atoms with Gasteiger partial charge in [-0.2, -0.15) is 5.10 Å². The van der Waals surface area contributed by atoms with Crippen molar-refractivity contribution >= 4 is 11.6 Å². The van der Waals surface area contributed by atoms with Gasteiger partial charge in [-0.25, -0.2) is 4.68 Å². The lowest BCUT2D eigenvalue weighted by Crippen LogP contribution is -2.01. The standard InChI is InChI=1S/C11H11ClN2O2/c1-16-10-6-13-14(11(10)12)7-8-4-2-3-5-9(8)15/h2-6,15H,7H2,1H3. The van der Waals surface area contributed by atoms with Crippen LogP contribution in [0.25, 0.3) is 0 Å². The van der Waals surface area contributed by atoms with E-state index in [-0.39, 0.29) is 5.75 Å². The van der Waals surface area contributed by atoms with Crippen LogP contribution >= 0.6 is 11.6 Å². The zero-order chi connectivity index (χ0) is 11.5. The number of hydrogen-bond donors (Lipinski definition) is 1. The summed E-state index contributed by atoms with van der Waals surface area (Å²) in [5.41, 5.74) is 0.759. The molecule has 0 unspecified atom stereocenters. The van der Waals surface area contributed by atoms with E-state index in [0.29, 0.717) is 17.4 Å². The molecule has 2 aromatic rings. The van der Waals surface area contributed by atoms with Gasteiger partial charge in [0.2, 0.25) is 0 Å². The van der Waals surface area contributed by atoms with Crippen LogP contribution in [0.4, 0.5) is 0 Å². The molecule has 0 bridgehead atoms. The Kier molecular flexibility index (Phi) is 3.01. The Balaban J connectivity index is 2.27. The monoisotopic (exact) mass is 238 g/mol. The Morgan fingerprint density at radius 2 is 2.19 bits per heavy atom. The van der Waals surface area contributed by atoms with Gasteiger partial charge in [0.25, 0.3) is 0 Å². The first-order chi connectivity index (χ1) is 7.72. The molecule has 0 fully saturated rings. The van der Waals surface area contributed by atoms with Crippen molar-refractivity contribution in [3.63, 3.8) is 0 Å². The second kappa shape index (κ2) is 4.45. The van der Waals surface area contributed by atoms with E-state index in [1.807, 2.05) is 12.1 Å². The molecule has 84 valence electrons. The minimum Gasteiger partial charge on any atom is -0.508 e. The van der Waals surface area contributed by atoms with E-state index in [0.717, 1.165) is 5.56 Å². The molecule has 0 atom stereocenters. The zero-order valence-corrected chi connectivity index (χ0v) is 9.48. The average Bonchev–Trinajstić information content (AvgIpc) is 2.63. The average molecular weight is 239 g/mol. The molecule has 1 N–H and O–H groups in total. The Bertz CT molecular complexity index is 496. The van der Waals surface area contributed by atoms with Crippen molar-refractivity contribution in [2.75, 3.05) is 7.11 Å². The first kappa shape index (κ1) is 10.8. The summed E-state index contributed by atoms with van der Waals surface area (Å²) in [6, 6.07) is 7.07. The van der Waals surface area contributed by atoms with Crippen LogP contribution in [0.3, 0.4) is 0 Å². The maximum atomic E-state index is 9.61. The molecule has 1 heterocycles. The number of ether oxygens (including phenoxy) is 1. The van der Waals surface area contributed by atoms with E-state index in [1.54, 1.807) is 23.0 Å². The highest BCUT2D eigenvalue weighted by Crippen LogP contribution is 2.25. The molecule has 0 saturated carbocycles. The normalized spacial score (nSPS) is 10.4. The second-order valence-electron chi connectivity index (χ2n) is 3.29. The molecule has 5 heteroatoms. The van der Waals surface area contributed by atoms with Gasteiger partial charge >= 0.3 is 0 Å². The molecule has 0 aliphatic rings. The van der Waals surface area contributed by atoms with Crippen LogP contribution in [0, 0.1) is 0 Å².